The number of aliphatic hydroxyl groups is 2. The number of aromatic nitrogens is 4. The molecule has 0 spiro atoms. The van der Waals surface area contributed by atoms with Crippen LogP contribution >= 0.6 is 23.2 Å². The lowest BCUT2D eigenvalue weighted by molar-refractivity contribution is -0.177. The van der Waals surface area contributed by atoms with Crippen LogP contribution in [0.25, 0.3) is 21.8 Å². The molecule has 0 radical (unpaired) electrons. The summed E-state index contributed by atoms with van der Waals surface area (Å²) in [6, 6.07) is 18.1. The van der Waals surface area contributed by atoms with Crippen molar-refractivity contribution in [1.29, 1.82) is 0 Å². The van der Waals surface area contributed by atoms with E-state index >= 15 is 0 Å². The SMILES string of the molecule is COc1cc2ncnc(Nc3cc(Cl)ccc3CCC(CCCCO)C(C)(C)OC(C)(C)C(CCCCO)CCc3ccc(Cl)cc3Nc3ncnc4cc(OC)c(O)cc34)c2cc1O. The van der Waals surface area contributed by atoms with Gasteiger partial charge in [-0.2, -0.15) is 0 Å². The predicted octanol–water partition coefficient (Wildman–Crippen LogP) is 11.5. The van der Waals surface area contributed by atoms with Crippen LogP contribution in [0.3, 0.4) is 0 Å². The van der Waals surface area contributed by atoms with Gasteiger partial charge in [-0.05, 0) is 138 Å². The van der Waals surface area contributed by atoms with Crippen molar-refractivity contribution in [3.8, 4) is 23.0 Å². The number of phenols is 2. The molecule has 2 aromatic heterocycles. The maximum Gasteiger partial charge on any atom is 0.162 e. The van der Waals surface area contributed by atoms with Crippen LogP contribution in [0.1, 0.15) is 90.2 Å². The fourth-order valence-corrected chi connectivity index (χ4v) is 9.22. The molecule has 0 bridgehead atoms. The topological polar surface area (TPSA) is 184 Å². The highest BCUT2D eigenvalue weighted by Gasteiger charge is 2.39. The largest absolute Gasteiger partial charge is 0.504 e. The molecular formula is C50H62Cl2N6O7. The number of rotatable bonds is 24. The minimum Gasteiger partial charge on any atom is -0.504 e. The van der Waals surface area contributed by atoms with Crippen molar-refractivity contribution in [2.75, 3.05) is 38.1 Å². The monoisotopic (exact) mass is 928 g/mol. The number of hydrogen-bond acceptors (Lipinski definition) is 13. The molecule has 0 amide bonds. The number of ether oxygens (including phenoxy) is 3. The van der Waals surface area contributed by atoms with E-state index in [1.165, 1.54) is 26.9 Å². The zero-order valence-electron chi connectivity index (χ0n) is 38.1. The number of aliphatic hydroxyl groups excluding tert-OH is 2. The van der Waals surface area contributed by atoms with Crippen LogP contribution in [0, 0.1) is 11.8 Å². The van der Waals surface area contributed by atoms with Gasteiger partial charge < -0.3 is 45.3 Å². The molecule has 0 saturated heterocycles. The zero-order valence-corrected chi connectivity index (χ0v) is 39.6. The molecule has 348 valence electrons. The van der Waals surface area contributed by atoms with Crippen molar-refractivity contribution in [1.82, 2.24) is 19.9 Å². The lowest BCUT2D eigenvalue weighted by Crippen LogP contribution is -2.46. The Labute approximate surface area is 391 Å². The number of benzene rings is 4. The number of halogens is 2. The Morgan fingerprint density at radius 2 is 0.985 bits per heavy atom. The zero-order chi connectivity index (χ0) is 46.7. The second-order valence-electron chi connectivity index (χ2n) is 17.6. The van der Waals surface area contributed by atoms with Gasteiger partial charge in [0.2, 0.25) is 0 Å². The Morgan fingerprint density at radius 1 is 0.569 bits per heavy atom. The first-order valence-electron chi connectivity index (χ1n) is 22.2. The molecule has 4 aromatic carbocycles. The fourth-order valence-electron chi connectivity index (χ4n) is 8.88. The predicted molar refractivity (Wildman–Crippen MR) is 260 cm³/mol. The van der Waals surface area contributed by atoms with E-state index in [-0.39, 0.29) is 36.5 Å². The summed E-state index contributed by atoms with van der Waals surface area (Å²) in [7, 11) is 2.99. The van der Waals surface area contributed by atoms with Crippen molar-refractivity contribution in [3.05, 3.63) is 94.5 Å². The molecule has 0 aliphatic carbocycles. The van der Waals surface area contributed by atoms with Gasteiger partial charge in [-0.3, -0.25) is 0 Å². The van der Waals surface area contributed by atoms with Crippen molar-refractivity contribution in [2.45, 2.75) is 103 Å². The summed E-state index contributed by atoms with van der Waals surface area (Å²) in [5.41, 5.74) is 3.78. The third-order valence-corrected chi connectivity index (χ3v) is 12.9. The molecule has 6 aromatic rings. The molecular weight excluding hydrogens is 867 g/mol. The smallest absolute Gasteiger partial charge is 0.162 e. The second-order valence-corrected chi connectivity index (χ2v) is 18.5. The van der Waals surface area contributed by atoms with E-state index in [0.29, 0.717) is 80.7 Å². The molecule has 6 rings (SSSR count). The molecule has 15 heteroatoms. The number of aromatic hydroxyl groups is 2. The molecule has 0 saturated carbocycles. The highest BCUT2D eigenvalue weighted by Crippen LogP contribution is 2.42. The van der Waals surface area contributed by atoms with Crippen LogP contribution in [-0.2, 0) is 17.6 Å². The van der Waals surface area contributed by atoms with E-state index in [0.717, 1.165) is 61.0 Å². The maximum atomic E-state index is 10.6. The minimum atomic E-state index is -0.567. The average Bonchev–Trinajstić information content (AvgIpc) is 3.26. The molecule has 0 aliphatic rings. The van der Waals surface area contributed by atoms with Crippen LogP contribution in [0.4, 0.5) is 23.0 Å². The Kier molecular flexibility index (Phi) is 16.9. The molecule has 0 aliphatic heterocycles. The Morgan fingerprint density at radius 3 is 1.37 bits per heavy atom. The molecule has 2 atom stereocenters. The lowest BCUT2D eigenvalue weighted by atomic mass is 9.78. The van der Waals surface area contributed by atoms with Gasteiger partial charge in [-0.1, -0.05) is 48.2 Å². The van der Waals surface area contributed by atoms with Crippen LogP contribution in [-0.4, -0.2) is 79.0 Å². The van der Waals surface area contributed by atoms with Gasteiger partial charge in [0.05, 0.1) is 36.5 Å². The van der Waals surface area contributed by atoms with E-state index in [1.54, 1.807) is 24.3 Å². The Balaban J connectivity index is 1.22. The third-order valence-electron chi connectivity index (χ3n) is 12.5. The number of hydrogen-bond donors (Lipinski definition) is 6. The number of nitrogens with one attached hydrogen (secondary N) is 2. The quantitative estimate of drug-likeness (QED) is 0.0316. The Hall–Kier alpha value is -5.18. The first-order chi connectivity index (χ1) is 31.2. The van der Waals surface area contributed by atoms with Gasteiger partial charge in [-0.25, -0.2) is 19.9 Å². The summed E-state index contributed by atoms with van der Waals surface area (Å²) in [4.78, 5) is 17.8. The summed E-state index contributed by atoms with van der Waals surface area (Å²) in [6.07, 6.45) is 10.8. The van der Waals surface area contributed by atoms with E-state index < -0.39 is 11.2 Å². The second kappa shape index (κ2) is 22.3. The number of phenolic OH excluding ortho intramolecular Hbond substituents is 2. The minimum absolute atomic E-state index is 0.0145. The van der Waals surface area contributed by atoms with Gasteiger partial charge in [0, 0.05) is 57.5 Å². The van der Waals surface area contributed by atoms with Gasteiger partial charge in [-0.15, -0.1) is 0 Å². The van der Waals surface area contributed by atoms with E-state index in [2.05, 4.69) is 58.3 Å². The van der Waals surface area contributed by atoms with Crippen molar-refractivity contribution in [2.24, 2.45) is 11.8 Å². The van der Waals surface area contributed by atoms with Crippen LogP contribution in [0.15, 0.2) is 73.3 Å². The summed E-state index contributed by atoms with van der Waals surface area (Å²) in [6.45, 7) is 8.96. The number of anilines is 4. The first kappa shape index (κ1) is 49.3. The van der Waals surface area contributed by atoms with Crippen LogP contribution < -0.4 is 20.1 Å². The molecule has 0 fully saturated rings. The summed E-state index contributed by atoms with van der Waals surface area (Å²) >= 11 is 13.1. The number of nitrogens with zero attached hydrogens (tertiary/aromatic N) is 4. The van der Waals surface area contributed by atoms with Crippen molar-refractivity contribution >= 4 is 68.0 Å². The highest BCUT2D eigenvalue weighted by atomic mass is 35.5. The van der Waals surface area contributed by atoms with Crippen molar-refractivity contribution in [3.63, 3.8) is 0 Å². The molecule has 6 N–H and O–H groups in total. The van der Waals surface area contributed by atoms with Gasteiger partial charge in [0.25, 0.3) is 0 Å². The summed E-state index contributed by atoms with van der Waals surface area (Å²) in [5.74, 6) is 1.91. The molecule has 2 heterocycles. The van der Waals surface area contributed by atoms with Gasteiger partial charge >= 0.3 is 0 Å². The van der Waals surface area contributed by atoms with E-state index in [9.17, 15) is 20.4 Å². The average molecular weight is 930 g/mol. The van der Waals surface area contributed by atoms with Crippen LogP contribution in [0.2, 0.25) is 10.0 Å². The maximum absolute atomic E-state index is 10.6. The normalized spacial score (nSPS) is 13.0. The Bertz CT molecular complexity index is 2370. The third kappa shape index (κ3) is 12.6. The molecule has 13 nitrogen and oxygen atoms in total. The first-order valence-corrected chi connectivity index (χ1v) is 23.0. The van der Waals surface area contributed by atoms with Crippen LogP contribution in [0.5, 0.6) is 23.0 Å². The molecule has 2 unspecified atom stereocenters. The van der Waals surface area contributed by atoms with Gasteiger partial charge in [0.1, 0.15) is 24.3 Å². The van der Waals surface area contributed by atoms with E-state index in [4.69, 9.17) is 37.4 Å². The standard InChI is InChI=1S/C50H62Cl2N6O7/c1-49(2,33(11-7-9-21-59)17-13-31-15-19-35(51)23-39(31)57-47-37-25-43(61)45(63-5)27-41(37)53-29-55-47)65-50(3,4)34(12-8-10-22-60)18-14-32-16-20-36(52)24-40(32)58-48-38-26-44(62)46(64-6)28-42(38)54-30-56-48/h15-16,19-20,23-30,33-34,59-62H,7-14,17-18,21-22H2,1-6H3,(H,53,55,57)(H,54,56,58). The van der Waals surface area contributed by atoms with E-state index in [1.807, 2.05) is 36.4 Å². The van der Waals surface area contributed by atoms with Gasteiger partial charge in [0.15, 0.2) is 23.0 Å². The summed E-state index contributed by atoms with van der Waals surface area (Å²) < 4.78 is 17.9. The number of unbranched alkanes of at least 4 members (excludes halogenated alkanes) is 2. The lowest BCUT2D eigenvalue weighted by Gasteiger charge is -2.45. The fraction of sp³-hybridized carbons (Fsp3) is 0.440. The number of aryl methyl sites for hydroxylation is 2. The van der Waals surface area contributed by atoms with Crippen molar-refractivity contribution < 1.29 is 34.6 Å². The highest BCUT2D eigenvalue weighted by molar-refractivity contribution is 6.31. The number of methoxy groups -OCH3 is 2. The number of fused-ring (bicyclic) bond motifs is 2. The summed E-state index contributed by atoms with van der Waals surface area (Å²) in [5, 5.41) is 50.1. The molecule has 65 heavy (non-hydrogen) atoms.